The summed E-state index contributed by atoms with van der Waals surface area (Å²) in [5.41, 5.74) is 6.13. The summed E-state index contributed by atoms with van der Waals surface area (Å²) < 4.78 is 0. The molecule has 0 saturated carbocycles. The SMILES string of the molecule is Nc1cc(NC(=O)c2c[nH]ccc2=O)ccc1Cl. The normalized spacial score (nSPS) is 10.1. The standard InChI is InChI=1S/C12H10ClN3O2/c13-9-2-1-7(5-10(9)14)16-12(18)8-6-15-4-3-11(8)17/h1-6H,14H2,(H,15,17)(H,16,18). The molecule has 0 unspecified atom stereocenters. The fourth-order valence-corrected chi connectivity index (χ4v) is 1.53. The van der Waals surface area contributed by atoms with Crippen LogP contribution in [0.15, 0.2) is 41.5 Å². The van der Waals surface area contributed by atoms with Gasteiger partial charge in [0.2, 0.25) is 0 Å². The predicted octanol–water partition coefficient (Wildman–Crippen LogP) is 1.86. The zero-order chi connectivity index (χ0) is 13.1. The molecule has 2 rings (SSSR count). The molecule has 0 aliphatic rings. The molecule has 2 aromatic rings. The highest BCUT2D eigenvalue weighted by Crippen LogP contribution is 2.22. The van der Waals surface area contributed by atoms with E-state index < -0.39 is 5.91 Å². The van der Waals surface area contributed by atoms with Gasteiger partial charge in [-0.2, -0.15) is 0 Å². The van der Waals surface area contributed by atoms with Gasteiger partial charge in [0, 0.05) is 24.1 Å². The molecule has 0 aliphatic heterocycles. The number of hydrogen-bond donors (Lipinski definition) is 3. The monoisotopic (exact) mass is 263 g/mol. The van der Waals surface area contributed by atoms with Crippen molar-refractivity contribution in [3.8, 4) is 0 Å². The van der Waals surface area contributed by atoms with E-state index in [4.69, 9.17) is 17.3 Å². The van der Waals surface area contributed by atoms with Crippen LogP contribution in [-0.4, -0.2) is 10.9 Å². The van der Waals surface area contributed by atoms with Gasteiger partial charge in [0.15, 0.2) is 5.43 Å². The Balaban J connectivity index is 2.24. The van der Waals surface area contributed by atoms with Gasteiger partial charge in [-0.3, -0.25) is 9.59 Å². The Hall–Kier alpha value is -2.27. The number of aromatic amines is 1. The Bertz CT molecular complexity index is 652. The Morgan fingerprint density at radius 3 is 2.78 bits per heavy atom. The molecule has 0 radical (unpaired) electrons. The van der Waals surface area contributed by atoms with E-state index >= 15 is 0 Å². The summed E-state index contributed by atoms with van der Waals surface area (Å²) in [4.78, 5) is 26.0. The molecule has 0 bridgehead atoms. The van der Waals surface area contributed by atoms with Gasteiger partial charge in [-0.1, -0.05) is 11.6 Å². The van der Waals surface area contributed by atoms with Crippen molar-refractivity contribution in [2.24, 2.45) is 0 Å². The maximum atomic E-state index is 11.8. The van der Waals surface area contributed by atoms with Crippen LogP contribution in [0.1, 0.15) is 10.4 Å². The van der Waals surface area contributed by atoms with Gasteiger partial charge in [-0.15, -0.1) is 0 Å². The van der Waals surface area contributed by atoms with Gasteiger partial charge in [0.25, 0.3) is 5.91 Å². The van der Waals surface area contributed by atoms with Crippen LogP contribution >= 0.6 is 11.6 Å². The van der Waals surface area contributed by atoms with E-state index in [1.807, 2.05) is 0 Å². The maximum absolute atomic E-state index is 11.8. The molecule has 92 valence electrons. The first-order valence-corrected chi connectivity index (χ1v) is 5.49. The summed E-state index contributed by atoms with van der Waals surface area (Å²) in [6.45, 7) is 0. The summed E-state index contributed by atoms with van der Waals surface area (Å²) in [5.74, 6) is -0.501. The second kappa shape index (κ2) is 4.93. The summed E-state index contributed by atoms with van der Waals surface area (Å²) in [6.07, 6.45) is 2.80. The first kappa shape index (κ1) is 12.2. The van der Waals surface area contributed by atoms with Crippen molar-refractivity contribution < 1.29 is 4.79 Å². The van der Waals surface area contributed by atoms with Gasteiger partial charge in [-0.25, -0.2) is 0 Å². The third kappa shape index (κ3) is 2.52. The maximum Gasteiger partial charge on any atom is 0.261 e. The van der Waals surface area contributed by atoms with Crippen LogP contribution in [0.2, 0.25) is 5.02 Å². The molecular formula is C12H10ClN3O2. The van der Waals surface area contributed by atoms with Crippen LogP contribution in [0.25, 0.3) is 0 Å². The number of carbonyl (C=O) groups excluding carboxylic acids is 1. The average molecular weight is 264 g/mol. The number of pyridine rings is 1. The van der Waals surface area contributed by atoms with Crippen molar-refractivity contribution in [3.05, 3.63) is 57.5 Å². The zero-order valence-corrected chi connectivity index (χ0v) is 9.99. The van der Waals surface area contributed by atoms with Gasteiger partial charge in [0.1, 0.15) is 5.56 Å². The molecular weight excluding hydrogens is 254 g/mol. The summed E-state index contributed by atoms with van der Waals surface area (Å²) in [6, 6.07) is 5.98. The largest absolute Gasteiger partial charge is 0.397 e. The topological polar surface area (TPSA) is 88.0 Å². The zero-order valence-electron chi connectivity index (χ0n) is 9.24. The van der Waals surface area contributed by atoms with Crippen molar-refractivity contribution in [1.82, 2.24) is 4.98 Å². The van der Waals surface area contributed by atoms with E-state index in [2.05, 4.69) is 10.3 Å². The molecule has 18 heavy (non-hydrogen) atoms. The number of aromatic nitrogens is 1. The van der Waals surface area contributed by atoms with E-state index in [0.29, 0.717) is 16.4 Å². The summed E-state index contributed by atoms with van der Waals surface area (Å²) in [5, 5.41) is 2.98. The summed E-state index contributed by atoms with van der Waals surface area (Å²) in [7, 11) is 0. The molecule has 0 aliphatic carbocycles. The smallest absolute Gasteiger partial charge is 0.261 e. The Morgan fingerprint density at radius 1 is 1.33 bits per heavy atom. The molecule has 4 N–H and O–H groups in total. The lowest BCUT2D eigenvalue weighted by atomic mass is 10.2. The number of benzene rings is 1. The highest BCUT2D eigenvalue weighted by molar-refractivity contribution is 6.33. The quantitative estimate of drug-likeness (QED) is 0.723. The molecule has 0 spiro atoms. The van der Waals surface area contributed by atoms with E-state index in [1.165, 1.54) is 24.5 Å². The summed E-state index contributed by atoms with van der Waals surface area (Å²) >= 11 is 5.77. The lowest BCUT2D eigenvalue weighted by Gasteiger charge is -2.06. The van der Waals surface area contributed by atoms with Gasteiger partial charge in [-0.05, 0) is 18.2 Å². The highest BCUT2D eigenvalue weighted by atomic mass is 35.5. The van der Waals surface area contributed by atoms with E-state index in [1.54, 1.807) is 12.1 Å². The van der Waals surface area contributed by atoms with Crippen molar-refractivity contribution in [2.45, 2.75) is 0 Å². The number of nitrogen functional groups attached to an aromatic ring is 1. The van der Waals surface area contributed by atoms with Gasteiger partial charge < -0.3 is 16.0 Å². The van der Waals surface area contributed by atoms with Gasteiger partial charge >= 0.3 is 0 Å². The predicted molar refractivity (Wildman–Crippen MR) is 70.9 cm³/mol. The lowest BCUT2D eigenvalue weighted by molar-refractivity contribution is 0.102. The number of nitrogens with two attached hydrogens (primary N) is 1. The fourth-order valence-electron chi connectivity index (χ4n) is 1.41. The highest BCUT2D eigenvalue weighted by Gasteiger charge is 2.10. The fraction of sp³-hybridized carbons (Fsp3) is 0. The van der Waals surface area contributed by atoms with Crippen molar-refractivity contribution >= 4 is 28.9 Å². The van der Waals surface area contributed by atoms with Crippen LogP contribution in [0.3, 0.4) is 0 Å². The van der Waals surface area contributed by atoms with Crippen LogP contribution in [0.4, 0.5) is 11.4 Å². The second-order valence-electron chi connectivity index (χ2n) is 3.61. The molecule has 0 fully saturated rings. The van der Waals surface area contributed by atoms with Crippen molar-refractivity contribution in [2.75, 3.05) is 11.1 Å². The number of hydrogen-bond acceptors (Lipinski definition) is 3. The number of nitrogens with one attached hydrogen (secondary N) is 2. The van der Waals surface area contributed by atoms with E-state index in [9.17, 15) is 9.59 Å². The molecule has 5 nitrogen and oxygen atoms in total. The first-order valence-electron chi connectivity index (χ1n) is 5.11. The van der Waals surface area contributed by atoms with E-state index in [-0.39, 0.29) is 11.0 Å². The van der Waals surface area contributed by atoms with Crippen molar-refractivity contribution in [1.29, 1.82) is 0 Å². The van der Waals surface area contributed by atoms with Crippen LogP contribution in [0.5, 0.6) is 0 Å². The number of anilines is 2. The minimum absolute atomic E-state index is 0.0334. The molecule has 0 saturated heterocycles. The van der Waals surface area contributed by atoms with Crippen molar-refractivity contribution in [3.63, 3.8) is 0 Å². The molecule has 6 heteroatoms. The molecule has 1 aromatic heterocycles. The molecule has 1 aromatic carbocycles. The Morgan fingerprint density at radius 2 is 2.11 bits per heavy atom. The molecule has 1 heterocycles. The molecule has 1 amide bonds. The van der Waals surface area contributed by atoms with Crippen LogP contribution in [-0.2, 0) is 0 Å². The van der Waals surface area contributed by atoms with E-state index in [0.717, 1.165) is 0 Å². The lowest BCUT2D eigenvalue weighted by Crippen LogP contribution is -2.20. The number of carbonyl (C=O) groups is 1. The Labute approximate surface area is 108 Å². The third-order valence-electron chi connectivity index (χ3n) is 2.32. The minimum Gasteiger partial charge on any atom is -0.397 e. The van der Waals surface area contributed by atoms with Crippen LogP contribution in [0, 0.1) is 0 Å². The Kier molecular flexibility index (Phi) is 3.34. The number of rotatable bonds is 2. The second-order valence-corrected chi connectivity index (χ2v) is 4.02. The van der Waals surface area contributed by atoms with Gasteiger partial charge in [0.05, 0.1) is 10.7 Å². The van der Waals surface area contributed by atoms with Crippen LogP contribution < -0.4 is 16.5 Å². The minimum atomic E-state index is -0.501. The first-order chi connectivity index (χ1) is 8.58. The third-order valence-corrected chi connectivity index (χ3v) is 2.67. The number of amides is 1. The number of halogens is 1. The molecule has 0 atom stereocenters. The number of H-pyrrole nitrogens is 1. The average Bonchev–Trinajstić information content (AvgIpc) is 2.34.